The van der Waals surface area contributed by atoms with E-state index in [0.717, 1.165) is 24.1 Å². The molecule has 0 bridgehead atoms. The summed E-state index contributed by atoms with van der Waals surface area (Å²) in [6.07, 6.45) is 7.87. The molecule has 0 saturated heterocycles. The number of carbonyl (C=O) groups excluding carboxylic acids is 1. The minimum atomic E-state index is -0.287. The van der Waals surface area contributed by atoms with Gasteiger partial charge < -0.3 is 4.74 Å². The molecule has 0 spiro atoms. The fourth-order valence-corrected chi connectivity index (χ4v) is 3.66. The van der Waals surface area contributed by atoms with Crippen molar-refractivity contribution >= 4 is 5.97 Å². The average Bonchev–Trinajstić information content (AvgIpc) is 2.62. The molecule has 1 saturated carbocycles. The Hall–Kier alpha value is -2.16. The van der Waals surface area contributed by atoms with Crippen molar-refractivity contribution in [3.8, 4) is 5.75 Å². The lowest BCUT2D eigenvalue weighted by Crippen LogP contribution is -2.24. The van der Waals surface area contributed by atoms with Crippen molar-refractivity contribution in [1.82, 2.24) is 4.98 Å². The summed E-state index contributed by atoms with van der Waals surface area (Å²) in [5, 5.41) is 0. The van der Waals surface area contributed by atoms with Gasteiger partial charge in [0.25, 0.3) is 0 Å². The molecule has 0 aliphatic heterocycles. The Bertz CT molecular complexity index is 725. The Morgan fingerprint density at radius 3 is 2.36 bits per heavy atom. The molecule has 3 rings (SSSR count). The Morgan fingerprint density at radius 1 is 1.04 bits per heavy atom. The highest BCUT2D eigenvalue weighted by atomic mass is 16.5. The Balaban J connectivity index is 2.02. The van der Waals surface area contributed by atoms with E-state index in [1.165, 1.54) is 19.3 Å². The fraction of sp³-hybridized carbons (Fsp3) is 0.455. The molecule has 3 heteroatoms. The zero-order valence-corrected chi connectivity index (χ0v) is 15.4. The van der Waals surface area contributed by atoms with Crippen LogP contribution in [0.25, 0.3) is 0 Å². The molecule has 1 aliphatic carbocycles. The summed E-state index contributed by atoms with van der Waals surface area (Å²) in [4.78, 5) is 17.7. The summed E-state index contributed by atoms with van der Waals surface area (Å²) < 4.78 is 5.69. The molecule has 25 heavy (non-hydrogen) atoms. The van der Waals surface area contributed by atoms with Gasteiger partial charge in [-0.05, 0) is 42.5 Å². The predicted octanol–water partition coefficient (Wildman–Crippen LogP) is 5.65. The monoisotopic (exact) mass is 337 g/mol. The van der Waals surface area contributed by atoms with E-state index in [0.29, 0.717) is 17.2 Å². The molecule has 0 atom stereocenters. The number of hydrogen-bond donors (Lipinski definition) is 0. The smallest absolute Gasteiger partial charge is 0.345 e. The Morgan fingerprint density at radius 2 is 1.72 bits per heavy atom. The SMILES string of the molecule is CC(C)(C)c1nccc(C2CCCCC2)c1C(=O)Oc1ccccc1. The summed E-state index contributed by atoms with van der Waals surface area (Å²) in [6.45, 7) is 6.29. The molecule has 1 aromatic carbocycles. The van der Waals surface area contributed by atoms with E-state index < -0.39 is 0 Å². The van der Waals surface area contributed by atoms with Crippen molar-refractivity contribution in [2.24, 2.45) is 0 Å². The van der Waals surface area contributed by atoms with Crippen LogP contribution >= 0.6 is 0 Å². The van der Waals surface area contributed by atoms with Crippen LogP contribution < -0.4 is 4.74 Å². The molecule has 2 aromatic rings. The van der Waals surface area contributed by atoms with E-state index >= 15 is 0 Å². The van der Waals surface area contributed by atoms with E-state index in [1.807, 2.05) is 42.6 Å². The predicted molar refractivity (Wildman–Crippen MR) is 100 cm³/mol. The normalized spacial score (nSPS) is 15.8. The van der Waals surface area contributed by atoms with E-state index in [-0.39, 0.29) is 11.4 Å². The van der Waals surface area contributed by atoms with Gasteiger partial charge in [-0.2, -0.15) is 0 Å². The second-order valence-corrected chi connectivity index (χ2v) is 7.91. The third-order valence-corrected chi connectivity index (χ3v) is 4.90. The number of nitrogens with zero attached hydrogens (tertiary/aromatic N) is 1. The Kier molecular flexibility index (Phi) is 5.22. The maximum Gasteiger partial charge on any atom is 0.345 e. The zero-order valence-electron chi connectivity index (χ0n) is 15.4. The number of rotatable bonds is 3. The first kappa shape index (κ1) is 17.7. The highest BCUT2D eigenvalue weighted by Gasteiger charge is 2.30. The van der Waals surface area contributed by atoms with Gasteiger partial charge in [0, 0.05) is 11.6 Å². The molecule has 132 valence electrons. The summed E-state index contributed by atoms with van der Waals surface area (Å²) >= 11 is 0. The van der Waals surface area contributed by atoms with Gasteiger partial charge in [0.2, 0.25) is 0 Å². The standard InChI is InChI=1S/C22H27NO2/c1-22(2,3)20-19(21(24)25-17-12-8-5-9-13-17)18(14-15-23-20)16-10-6-4-7-11-16/h5,8-9,12-16H,4,6-7,10-11H2,1-3H3. The van der Waals surface area contributed by atoms with Crippen LogP contribution in [0.3, 0.4) is 0 Å². The molecule has 1 aliphatic rings. The molecule has 3 nitrogen and oxygen atoms in total. The van der Waals surface area contributed by atoms with E-state index in [4.69, 9.17) is 4.74 Å². The number of benzene rings is 1. The van der Waals surface area contributed by atoms with Gasteiger partial charge in [-0.25, -0.2) is 4.79 Å². The van der Waals surface area contributed by atoms with Gasteiger partial charge in [-0.3, -0.25) is 4.98 Å². The summed E-state index contributed by atoms with van der Waals surface area (Å²) in [5.41, 5.74) is 2.40. The summed E-state index contributed by atoms with van der Waals surface area (Å²) in [7, 11) is 0. The first-order chi connectivity index (χ1) is 12.0. The molecular formula is C22H27NO2. The molecule has 0 radical (unpaired) electrons. The maximum atomic E-state index is 13.1. The number of para-hydroxylation sites is 1. The van der Waals surface area contributed by atoms with E-state index in [2.05, 4.69) is 25.8 Å². The van der Waals surface area contributed by atoms with Crippen molar-refractivity contribution in [3.05, 3.63) is 59.4 Å². The van der Waals surface area contributed by atoms with Gasteiger partial charge in [-0.15, -0.1) is 0 Å². The van der Waals surface area contributed by atoms with Crippen molar-refractivity contribution in [2.45, 2.75) is 64.2 Å². The molecule has 0 amide bonds. The number of pyridine rings is 1. The van der Waals surface area contributed by atoms with E-state index in [1.54, 1.807) is 0 Å². The quantitative estimate of drug-likeness (QED) is 0.537. The second-order valence-electron chi connectivity index (χ2n) is 7.91. The van der Waals surface area contributed by atoms with Gasteiger partial charge in [0.05, 0.1) is 11.3 Å². The zero-order chi connectivity index (χ0) is 17.9. The van der Waals surface area contributed by atoms with Crippen molar-refractivity contribution < 1.29 is 9.53 Å². The van der Waals surface area contributed by atoms with Crippen LogP contribution in [0.1, 0.15) is 80.4 Å². The van der Waals surface area contributed by atoms with Gasteiger partial charge in [0.1, 0.15) is 5.75 Å². The van der Waals surface area contributed by atoms with Crippen molar-refractivity contribution in [1.29, 1.82) is 0 Å². The summed E-state index contributed by atoms with van der Waals surface area (Å²) in [6, 6.07) is 11.3. The second kappa shape index (κ2) is 7.38. The van der Waals surface area contributed by atoms with Crippen LogP contribution in [0.4, 0.5) is 0 Å². The van der Waals surface area contributed by atoms with Crippen LogP contribution in [-0.2, 0) is 5.41 Å². The Labute approximate surface area is 150 Å². The molecule has 0 unspecified atom stereocenters. The van der Waals surface area contributed by atoms with Crippen molar-refractivity contribution in [3.63, 3.8) is 0 Å². The average molecular weight is 337 g/mol. The van der Waals surface area contributed by atoms with Crippen molar-refractivity contribution in [2.75, 3.05) is 0 Å². The maximum absolute atomic E-state index is 13.1. The summed E-state index contributed by atoms with van der Waals surface area (Å²) in [5.74, 6) is 0.715. The first-order valence-electron chi connectivity index (χ1n) is 9.23. The molecular weight excluding hydrogens is 310 g/mol. The lowest BCUT2D eigenvalue weighted by atomic mass is 9.79. The highest BCUT2D eigenvalue weighted by molar-refractivity contribution is 5.94. The van der Waals surface area contributed by atoms with Gasteiger partial charge in [0.15, 0.2) is 0 Å². The van der Waals surface area contributed by atoms with Crippen LogP contribution in [0, 0.1) is 0 Å². The number of carbonyl (C=O) groups is 1. The minimum absolute atomic E-state index is 0.213. The van der Waals surface area contributed by atoms with Gasteiger partial charge >= 0.3 is 5.97 Å². The molecule has 0 N–H and O–H groups in total. The molecule has 1 fully saturated rings. The lowest BCUT2D eigenvalue weighted by molar-refractivity contribution is 0.0729. The van der Waals surface area contributed by atoms with Crippen LogP contribution in [0.5, 0.6) is 5.75 Å². The lowest BCUT2D eigenvalue weighted by Gasteiger charge is -2.28. The first-order valence-corrected chi connectivity index (χ1v) is 9.23. The van der Waals surface area contributed by atoms with Crippen LogP contribution in [-0.4, -0.2) is 11.0 Å². The minimum Gasteiger partial charge on any atom is -0.423 e. The van der Waals surface area contributed by atoms with Crippen LogP contribution in [0.2, 0.25) is 0 Å². The van der Waals surface area contributed by atoms with Crippen LogP contribution in [0.15, 0.2) is 42.6 Å². The largest absolute Gasteiger partial charge is 0.423 e. The van der Waals surface area contributed by atoms with Gasteiger partial charge in [-0.1, -0.05) is 58.2 Å². The molecule has 1 aromatic heterocycles. The molecule has 1 heterocycles. The topological polar surface area (TPSA) is 39.2 Å². The number of esters is 1. The third kappa shape index (κ3) is 4.09. The van der Waals surface area contributed by atoms with E-state index in [9.17, 15) is 4.79 Å². The number of ether oxygens (including phenoxy) is 1. The highest BCUT2D eigenvalue weighted by Crippen LogP contribution is 2.37. The number of hydrogen-bond acceptors (Lipinski definition) is 3. The fourth-order valence-electron chi connectivity index (χ4n) is 3.66. The third-order valence-electron chi connectivity index (χ3n) is 4.90. The number of aromatic nitrogens is 1.